The monoisotopic (exact) mass is 348 g/mol. The molecule has 24 heavy (non-hydrogen) atoms. The lowest BCUT2D eigenvalue weighted by Crippen LogP contribution is -2.21. The molecule has 0 aromatic carbocycles. The minimum Gasteiger partial charge on any atom is -0.372 e. The lowest BCUT2D eigenvalue weighted by atomic mass is 10.3. The predicted octanol–water partition coefficient (Wildman–Crippen LogP) is 3.25. The largest absolute Gasteiger partial charge is 0.372 e. The number of halogens is 1. The number of hydrogen-bond donors (Lipinski definition) is 2. The van der Waals surface area contributed by atoms with Gasteiger partial charge in [0.05, 0.1) is 31.1 Å². The maximum atomic E-state index is 6.21. The molecule has 2 aromatic rings. The maximum absolute atomic E-state index is 6.21. The molecule has 2 N–H and O–H groups in total. The SMILES string of the molecule is CC(C)OCc1cn2c(n1)CN(Cl)C=C2Nc1cc(C2CC2)[nH]n1. The highest BCUT2D eigenvalue weighted by Gasteiger charge is 2.26. The van der Waals surface area contributed by atoms with Crippen LogP contribution in [0.5, 0.6) is 0 Å². The second-order valence-corrected chi connectivity index (χ2v) is 6.99. The van der Waals surface area contributed by atoms with Gasteiger partial charge in [-0.25, -0.2) is 4.98 Å². The summed E-state index contributed by atoms with van der Waals surface area (Å²) in [6.07, 6.45) is 6.48. The Labute approximate surface area is 145 Å². The van der Waals surface area contributed by atoms with E-state index in [0.29, 0.717) is 19.1 Å². The fourth-order valence-electron chi connectivity index (χ4n) is 2.72. The molecule has 2 aromatic heterocycles. The van der Waals surface area contributed by atoms with Crippen molar-refractivity contribution < 1.29 is 4.74 Å². The van der Waals surface area contributed by atoms with E-state index in [9.17, 15) is 0 Å². The molecule has 4 rings (SSSR count). The van der Waals surface area contributed by atoms with E-state index >= 15 is 0 Å². The molecule has 7 nitrogen and oxygen atoms in total. The van der Waals surface area contributed by atoms with Crippen LogP contribution in [0.3, 0.4) is 0 Å². The molecule has 0 radical (unpaired) electrons. The van der Waals surface area contributed by atoms with Gasteiger partial charge in [0.15, 0.2) is 5.82 Å². The second-order valence-electron chi connectivity index (χ2n) is 6.56. The molecule has 1 aliphatic heterocycles. The van der Waals surface area contributed by atoms with Crippen molar-refractivity contribution in [3.8, 4) is 0 Å². The third-order valence-corrected chi connectivity index (χ3v) is 4.30. The van der Waals surface area contributed by atoms with E-state index in [0.717, 1.165) is 23.2 Å². The van der Waals surface area contributed by atoms with Crippen LogP contribution >= 0.6 is 11.8 Å². The zero-order valence-corrected chi connectivity index (χ0v) is 14.5. The molecule has 0 spiro atoms. The number of imidazole rings is 1. The predicted molar refractivity (Wildman–Crippen MR) is 92.0 cm³/mol. The number of anilines is 1. The molecule has 0 bridgehead atoms. The first-order valence-corrected chi connectivity index (χ1v) is 8.58. The van der Waals surface area contributed by atoms with Gasteiger partial charge in [-0.05, 0) is 26.7 Å². The number of rotatable bonds is 6. The molecule has 128 valence electrons. The lowest BCUT2D eigenvalue weighted by molar-refractivity contribution is 0.0637. The summed E-state index contributed by atoms with van der Waals surface area (Å²) in [5.74, 6) is 3.12. The third-order valence-electron chi connectivity index (χ3n) is 4.08. The normalized spacial score (nSPS) is 17.2. The summed E-state index contributed by atoms with van der Waals surface area (Å²) in [5, 5.41) is 10.8. The molecular formula is C16H21ClN6O. The van der Waals surface area contributed by atoms with Crippen LogP contribution in [0.25, 0.3) is 5.82 Å². The maximum Gasteiger partial charge on any atom is 0.153 e. The van der Waals surface area contributed by atoms with Gasteiger partial charge in [-0.15, -0.1) is 0 Å². The molecule has 0 saturated heterocycles. The van der Waals surface area contributed by atoms with Gasteiger partial charge in [-0.1, -0.05) is 0 Å². The molecule has 2 aliphatic rings. The topological polar surface area (TPSA) is 71.0 Å². The van der Waals surface area contributed by atoms with E-state index in [1.807, 2.05) is 30.8 Å². The average molecular weight is 349 g/mol. The minimum absolute atomic E-state index is 0.172. The molecular weight excluding hydrogens is 328 g/mol. The zero-order valence-electron chi connectivity index (χ0n) is 13.8. The minimum atomic E-state index is 0.172. The molecule has 0 unspecified atom stereocenters. The van der Waals surface area contributed by atoms with Crippen molar-refractivity contribution in [3.05, 3.63) is 35.7 Å². The van der Waals surface area contributed by atoms with Crippen molar-refractivity contribution in [2.24, 2.45) is 0 Å². The van der Waals surface area contributed by atoms with E-state index in [1.54, 1.807) is 4.42 Å². The number of fused-ring (bicyclic) bond motifs is 1. The number of aromatic amines is 1. The fraction of sp³-hybridized carbons (Fsp3) is 0.500. The summed E-state index contributed by atoms with van der Waals surface area (Å²) >= 11 is 6.21. The number of H-pyrrole nitrogens is 1. The molecule has 3 heterocycles. The van der Waals surface area contributed by atoms with Gasteiger partial charge < -0.3 is 10.1 Å². The van der Waals surface area contributed by atoms with Crippen LogP contribution in [0.4, 0.5) is 5.82 Å². The first-order chi connectivity index (χ1) is 11.6. The fourth-order valence-corrected chi connectivity index (χ4v) is 2.92. The Bertz CT molecular complexity index is 760. The Hall–Kier alpha value is -1.99. The van der Waals surface area contributed by atoms with Crippen molar-refractivity contribution in [3.63, 3.8) is 0 Å². The second kappa shape index (κ2) is 6.14. The Morgan fingerprint density at radius 1 is 1.46 bits per heavy atom. The smallest absolute Gasteiger partial charge is 0.153 e. The van der Waals surface area contributed by atoms with Crippen LogP contribution in [-0.2, 0) is 17.9 Å². The summed E-state index contributed by atoms with van der Waals surface area (Å²) in [7, 11) is 0. The van der Waals surface area contributed by atoms with Crippen molar-refractivity contribution in [2.45, 2.75) is 51.9 Å². The molecule has 8 heteroatoms. The van der Waals surface area contributed by atoms with E-state index in [1.165, 1.54) is 18.5 Å². The van der Waals surface area contributed by atoms with E-state index < -0.39 is 0 Å². The Balaban J connectivity index is 1.53. The van der Waals surface area contributed by atoms with Crippen LogP contribution in [0.2, 0.25) is 0 Å². The summed E-state index contributed by atoms with van der Waals surface area (Å²) in [5.41, 5.74) is 2.08. The van der Waals surface area contributed by atoms with Gasteiger partial charge in [0.2, 0.25) is 0 Å². The quantitative estimate of drug-likeness (QED) is 0.784. The van der Waals surface area contributed by atoms with Crippen molar-refractivity contribution in [1.82, 2.24) is 24.2 Å². The number of hydrogen-bond acceptors (Lipinski definition) is 5. The molecule has 1 fully saturated rings. The Morgan fingerprint density at radius 2 is 2.29 bits per heavy atom. The van der Waals surface area contributed by atoms with Gasteiger partial charge in [-0.3, -0.25) is 14.1 Å². The first-order valence-electron chi connectivity index (χ1n) is 8.24. The number of aromatic nitrogens is 4. The van der Waals surface area contributed by atoms with Crippen LogP contribution in [0.1, 0.15) is 49.8 Å². The van der Waals surface area contributed by atoms with Crippen molar-refractivity contribution >= 4 is 23.4 Å². The lowest BCUT2D eigenvalue weighted by Gasteiger charge is -2.22. The van der Waals surface area contributed by atoms with Crippen LogP contribution in [-0.4, -0.2) is 30.3 Å². The van der Waals surface area contributed by atoms with E-state index in [-0.39, 0.29) is 6.10 Å². The highest BCUT2D eigenvalue weighted by atomic mass is 35.5. The third kappa shape index (κ3) is 3.27. The van der Waals surface area contributed by atoms with Gasteiger partial charge in [0.25, 0.3) is 0 Å². The number of nitrogens with one attached hydrogen (secondary N) is 2. The van der Waals surface area contributed by atoms with Crippen LogP contribution in [0, 0.1) is 0 Å². The standard InChI is InChI=1S/C16H21ClN6O/c1-10(2)24-9-12-6-23-15(18-12)7-22(17)8-16(23)19-14-5-13(20-21-14)11-3-4-11/h5-6,8,10-11H,3-4,7,9H2,1-2H3,(H2,19,20,21). The summed E-state index contributed by atoms with van der Waals surface area (Å²) in [6, 6.07) is 2.06. The van der Waals surface area contributed by atoms with Gasteiger partial charge in [-0.2, -0.15) is 5.10 Å². The highest BCUT2D eigenvalue weighted by Crippen LogP contribution is 2.39. The summed E-state index contributed by atoms with van der Waals surface area (Å²) in [6.45, 7) is 5.06. The molecule has 1 saturated carbocycles. The zero-order chi connectivity index (χ0) is 16.7. The van der Waals surface area contributed by atoms with Crippen molar-refractivity contribution in [1.29, 1.82) is 0 Å². The van der Waals surface area contributed by atoms with Gasteiger partial charge >= 0.3 is 0 Å². The first kappa shape index (κ1) is 15.5. The molecule has 0 amide bonds. The summed E-state index contributed by atoms with van der Waals surface area (Å²) in [4.78, 5) is 4.61. The average Bonchev–Trinajstić information content (AvgIpc) is 3.13. The van der Waals surface area contributed by atoms with Crippen LogP contribution < -0.4 is 5.32 Å². The number of nitrogens with zero attached hydrogens (tertiary/aromatic N) is 4. The van der Waals surface area contributed by atoms with Crippen molar-refractivity contribution in [2.75, 3.05) is 5.32 Å². The van der Waals surface area contributed by atoms with Gasteiger partial charge in [0, 0.05) is 35.7 Å². The number of ether oxygens (including phenoxy) is 1. The van der Waals surface area contributed by atoms with Crippen LogP contribution in [0.15, 0.2) is 18.5 Å². The Kier molecular flexibility index (Phi) is 3.97. The van der Waals surface area contributed by atoms with Gasteiger partial charge in [0.1, 0.15) is 11.6 Å². The summed E-state index contributed by atoms with van der Waals surface area (Å²) < 4.78 is 9.24. The van der Waals surface area contributed by atoms with E-state index in [2.05, 4.69) is 26.6 Å². The van der Waals surface area contributed by atoms with E-state index in [4.69, 9.17) is 16.5 Å². The Morgan fingerprint density at radius 3 is 3.04 bits per heavy atom. The highest BCUT2D eigenvalue weighted by molar-refractivity contribution is 6.14. The molecule has 1 aliphatic carbocycles. The molecule has 0 atom stereocenters.